The van der Waals surface area contributed by atoms with Gasteiger partial charge >= 0.3 is 5.97 Å². The number of aliphatic carboxylic acids is 1. The van der Waals surface area contributed by atoms with Gasteiger partial charge in [0.15, 0.2) is 0 Å². The highest BCUT2D eigenvalue weighted by Gasteiger charge is 2.38. The number of benzene rings is 2. The molecule has 2 heterocycles. The van der Waals surface area contributed by atoms with E-state index in [1.165, 1.54) is 19.1 Å². The Morgan fingerprint density at radius 1 is 1.17 bits per heavy atom. The zero-order valence-corrected chi connectivity index (χ0v) is 19.9. The SMILES string of the molecule is [C-]#[N+]C1=C(C)C(=Nc2ccc3c(c2)CCCN3CC(=O)O)C(=O)N(c2ccc(S(N)(=O)=O)cc2)C1=O. The Labute approximate surface area is 207 Å². The maximum absolute atomic E-state index is 13.4. The van der Waals surface area contributed by atoms with Gasteiger partial charge in [-0.25, -0.2) is 23.4 Å². The molecule has 0 fully saturated rings. The molecule has 4 rings (SSSR count). The summed E-state index contributed by atoms with van der Waals surface area (Å²) in [6.07, 6.45) is 1.47. The molecule has 0 aromatic heterocycles. The average molecular weight is 508 g/mol. The molecule has 0 bridgehead atoms. The van der Waals surface area contributed by atoms with E-state index in [0.717, 1.165) is 34.7 Å². The van der Waals surface area contributed by atoms with Crippen molar-refractivity contribution >= 4 is 50.6 Å². The topological polar surface area (TPSA) is 155 Å². The largest absolute Gasteiger partial charge is 0.480 e. The van der Waals surface area contributed by atoms with Gasteiger partial charge in [0.25, 0.3) is 17.5 Å². The van der Waals surface area contributed by atoms with Crippen LogP contribution in [0.3, 0.4) is 0 Å². The first-order valence-corrected chi connectivity index (χ1v) is 12.3. The normalized spacial score (nSPS) is 17.3. The summed E-state index contributed by atoms with van der Waals surface area (Å²) in [7, 11) is -3.98. The summed E-state index contributed by atoms with van der Waals surface area (Å²) in [6.45, 7) is 9.42. The number of fused-ring (bicyclic) bond motifs is 1. The number of nitrogens with two attached hydrogens (primary N) is 1. The number of imide groups is 1. The maximum atomic E-state index is 13.4. The van der Waals surface area contributed by atoms with Crippen molar-refractivity contribution in [1.82, 2.24) is 0 Å². The molecule has 0 unspecified atom stereocenters. The van der Waals surface area contributed by atoms with Crippen molar-refractivity contribution in [3.05, 3.63) is 70.7 Å². The number of primary sulfonamides is 1. The molecule has 0 atom stereocenters. The van der Waals surface area contributed by atoms with Crippen LogP contribution in [0.15, 0.2) is 63.6 Å². The average Bonchev–Trinajstić information content (AvgIpc) is 2.81. The van der Waals surface area contributed by atoms with Gasteiger partial charge in [-0.15, -0.1) is 0 Å². The van der Waals surface area contributed by atoms with Gasteiger partial charge in [0, 0.05) is 12.2 Å². The van der Waals surface area contributed by atoms with Crippen molar-refractivity contribution in [2.24, 2.45) is 10.1 Å². The third kappa shape index (κ3) is 4.61. The van der Waals surface area contributed by atoms with Crippen LogP contribution in [-0.2, 0) is 30.8 Å². The van der Waals surface area contributed by atoms with E-state index in [-0.39, 0.29) is 34.1 Å². The lowest BCUT2D eigenvalue weighted by Gasteiger charge is -2.30. The first-order valence-electron chi connectivity index (χ1n) is 10.8. The lowest BCUT2D eigenvalue weighted by molar-refractivity contribution is -0.135. The van der Waals surface area contributed by atoms with Crippen molar-refractivity contribution in [3.8, 4) is 0 Å². The number of amides is 2. The van der Waals surface area contributed by atoms with Crippen LogP contribution in [0.5, 0.6) is 0 Å². The molecule has 2 aromatic rings. The molecule has 2 aliphatic heterocycles. The molecule has 2 amide bonds. The van der Waals surface area contributed by atoms with E-state index >= 15 is 0 Å². The van der Waals surface area contributed by atoms with Gasteiger partial charge in [-0.3, -0.25) is 19.3 Å². The number of anilines is 2. The summed E-state index contributed by atoms with van der Waals surface area (Å²) in [6, 6.07) is 9.99. The van der Waals surface area contributed by atoms with Crippen molar-refractivity contribution in [1.29, 1.82) is 0 Å². The molecular formula is C24H21N5O6S. The Hall–Kier alpha value is -4.34. The number of carboxylic acid groups (broad SMARTS) is 1. The van der Waals surface area contributed by atoms with E-state index in [1.807, 2.05) is 0 Å². The van der Waals surface area contributed by atoms with Crippen molar-refractivity contribution in [3.63, 3.8) is 0 Å². The molecule has 0 aliphatic carbocycles. The fourth-order valence-corrected chi connectivity index (χ4v) is 4.72. The molecule has 2 aromatic carbocycles. The summed E-state index contributed by atoms with van der Waals surface area (Å²) in [4.78, 5) is 47.6. The minimum atomic E-state index is -3.98. The highest BCUT2D eigenvalue weighted by molar-refractivity contribution is 7.89. The summed E-state index contributed by atoms with van der Waals surface area (Å²) in [5, 5.41) is 14.3. The number of aliphatic imine (C=N–C) groups is 1. The van der Waals surface area contributed by atoms with Gasteiger partial charge in [0.1, 0.15) is 12.3 Å². The van der Waals surface area contributed by atoms with Crippen molar-refractivity contribution in [2.45, 2.75) is 24.7 Å². The van der Waals surface area contributed by atoms with Crippen LogP contribution >= 0.6 is 0 Å². The van der Waals surface area contributed by atoms with E-state index in [1.54, 1.807) is 23.1 Å². The number of carbonyl (C=O) groups is 3. The molecule has 11 nitrogen and oxygen atoms in total. The highest BCUT2D eigenvalue weighted by atomic mass is 32.2. The fourth-order valence-electron chi connectivity index (χ4n) is 4.21. The molecule has 184 valence electrons. The van der Waals surface area contributed by atoms with E-state index in [4.69, 9.17) is 16.8 Å². The van der Waals surface area contributed by atoms with Crippen LogP contribution in [0.4, 0.5) is 17.1 Å². The number of rotatable bonds is 5. The Kier molecular flexibility index (Phi) is 6.45. The Bertz CT molecular complexity index is 1500. The number of carbonyl (C=O) groups excluding carboxylic acids is 2. The van der Waals surface area contributed by atoms with Crippen molar-refractivity contribution < 1.29 is 27.9 Å². The van der Waals surface area contributed by atoms with Gasteiger partial charge in [-0.05, 0) is 73.4 Å². The second-order valence-corrected chi connectivity index (χ2v) is 9.82. The Morgan fingerprint density at radius 2 is 1.86 bits per heavy atom. The van der Waals surface area contributed by atoms with Gasteiger partial charge in [0.05, 0.1) is 22.8 Å². The zero-order valence-electron chi connectivity index (χ0n) is 19.1. The molecule has 36 heavy (non-hydrogen) atoms. The quantitative estimate of drug-likeness (QED) is 0.463. The molecule has 0 spiro atoms. The van der Waals surface area contributed by atoms with Crippen LogP contribution in [0.25, 0.3) is 4.85 Å². The van der Waals surface area contributed by atoms with Gasteiger partial charge in [-0.1, -0.05) is 0 Å². The highest BCUT2D eigenvalue weighted by Crippen LogP contribution is 2.32. The molecule has 0 saturated carbocycles. The first-order chi connectivity index (χ1) is 17.0. The molecule has 12 heteroatoms. The fraction of sp³-hybridized carbons (Fsp3) is 0.208. The van der Waals surface area contributed by atoms with Crippen LogP contribution in [0, 0.1) is 6.57 Å². The van der Waals surface area contributed by atoms with Gasteiger partial charge < -0.3 is 10.0 Å². The van der Waals surface area contributed by atoms with Crippen LogP contribution in [0.2, 0.25) is 0 Å². The molecular weight excluding hydrogens is 486 g/mol. The number of carboxylic acids is 1. The third-order valence-electron chi connectivity index (χ3n) is 5.90. The summed E-state index contributed by atoms with van der Waals surface area (Å²) in [5.41, 5.74) is 1.88. The predicted octanol–water partition coefficient (Wildman–Crippen LogP) is 2.01. The Morgan fingerprint density at radius 3 is 2.47 bits per heavy atom. The first kappa shape index (κ1) is 24.8. The van der Waals surface area contributed by atoms with Crippen LogP contribution < -0.4 is 14.9 Å². The molecule has 2 aliphatic rings. The molecule has 3 N–H and O–H groups in total. The summed E-state index contributed by atoms with van der Waals surface area (Å²) >= 11 is 0. The maximum Gasteiger partial charge on any atom is 0.323 e. The number of hydrogen-bond donors (Lipinski definition) is 2. The summed E-state index contributed by atoms with van der Waals surface area (Å²) < 4.78 is 23.1. The lowest BCUT2D eigenvalue weighted by atomic mass is 10.00. The smallest absolute Gasteiger partial charge is 0.323 e. The predicted molar refractivity (Wildman–Crippen MR) is 131 cm³/mol. The second-order valence-electron chi connectivity index (χ2n) is 8.26. The standard InChI is InChI=1S/C24H21N5O6S/c1-14-21(26-2)23(32)29(17-6-8-18(9-7-17)36(25,34)35)24(33)22(14)27-16-5-10-19-15(12-16)4-3-11-28(19)13-20(30)31/h5-10,12H,3-4,11,13H2,1H3,(H,30,31)(H2,25,34,35). The van der Waals surface area contributed by atoms with Crippen molar-refractivity contribution in [2.75, 3.05) is 22.9 Å². The number of nitrogens with zero attached hydrogens (tertiary/aromatic N) is 4. The van der Waals surface area contributed by atoms with E-state index in [2.05, 4.69) is 9.84 Å². The zero-order chi connectivity index (χ0) is 26.2. The van der Waals surface area contributed by atoms with E-state index in [0.29, 0.717) is 18.7 Å². The Balaban J connectivity index is 1.75. The van der Waals surface area contributed by atoms with Gasteiger partial charge in [-0.2, -0.15) is 0 Å². The minimum Gasteiger partial charge on any atom is -0.480 e. The monoisotopic (exact) mass is 507 g/mol. The minimum absolute atomic E-state index is 0.0634. The van der Waals surface area contributed by atoms with Gasteiger partial charge in [0.2, 0.25) is 10.0 Å². The molecule has 0 saturated heterocycles. The van der Waals surface area contributed by atoms with Crippen LogP contribution in [0.1, 0.15) is 18.9 Å². The second kappa shape index (κ2) is 9.37. The van der Waals surface area contributed by atoms with Crippen LogP contribution in [-0.4, -0.2) is 50.1 Å². The molecule has 0 radical (unpaired) electrons. The summed E-state index contributed by atoms with van der Waals surface area (Å²) in [5.74, 6) is -2.54. The van der Waals surface area contributed by atoms with E-state index in [9.17, 15) is 22.8 Å². The lowest BCUT2D eigenvalue weighted by Crippen LogP contribution is -2.46. The van der Waals surface area contributed by atoms with E-state index < -0.39 is 27.8 Å². The number of sulfonamides is 1. The number of aryl methyl sites for hydroxylation is 1. The number of hydrogen-bond acceptors (Lipinski definition) is 7. The third-order valence-corrected chi connectivity index (χ3v) is 6.83.